The van der Waals surface area contributed by atoms with Gasteiger partial charge in [-0.1, -0.05) is 11.6 Å². The maximum absolute atomic E-state index is 9.53. The van der Waals surface area contributed by atoms with E-state index in [0.29, 0.717) is 0 Å². The molecular weight excluding hydrogens is 208 g/mol. The van der Waals surface area contributed by atoms with Gasteiger partial charge in [0.1, 0.15) is 11.3 Å². The fraction of sp³-hybridized carbons (Fsp3) is 0.429. The molecule has 0 radical (unpaired) electrons. The molecule has 14 heavy (non-hydrogen) atoms. The second-order valence-corrected chi connectivity index (χ2v) is 3.08. The van der Waals surface area contributed by atoms with Crippen molar-refractivity contribution in [2.24, 2.45) is 5.73 Å². The zero-order valence-corrected chi connectivity index (χ0v) is 8.02. The molecule has 0 aliphatic rings. The third-order valence-electron chi connectivity index (χ3n) is 1.71. The Morgan fingerprint density at radius 2 is 2.14 bits per heavy atom. The van der Waals surface area contributed by atoms with E-state index in [1.807, 2.05) is 0 Å². The van der Waals surface area contributed by atoms with Gasteiger partial charge in [0.05, 0.1) is 6.10 Å². The second kappa shape index (κ2) is 4.52. The highest BCUT2D eigenvalue weighted by molar-refractivity contribution is 6.30. The minimum atomic E-state index is -1.20. The molecule has 0 aliphatic carbocycles. The fourth-order valence-corrected chi connectivity index (χ4v) is 1.16. The summed E-state index contributed by atoms with van der Waals surface area (Å²) < 4.78 is 0. The molecule has 7 heteroatoms. The monoisotopic (exact) mass is 218 g/mol. The van der Waals surface area contributed by atoms with E-state index in [9.17, 15) is 10.2 Å². The molecule has 6 N–H and O–H groups in total. The predicted octanol–water partition coefficient (Wildman–Crippen LogP) is -0.935. The minimum Gasteiger partial charge on any atom is -0.389 e. The molecule has 0 saturated heterocycles. The van der Waals surface area contributed by atoms with Crippen molar-refractivity contribution in [2.75, 3.05) is 12.3 Å². The van der Waals surface area contributed by atoms with E-state index >= 15 is 0 Å². The van der Waals surface area contributed by atoms with Gasteiger partial charge in [0.25, 0.3) is 0 Å². The Kier molecular flexibility index (Phi) is 3.59. The summed E-state index contributed by atoms with van der Waals surface area (Å²) in [6.07, 6.45) is -1.04. The van der Waals surface area contributed by atoms with Crippen molar-refractivity contribution in [1.29, 1.82) is 0 Å². The molecule has 0 aromatic carbocycles. The van der Waals surface area contributed by atoms with Crippen LogP contribution in [0.15, 0.2) is 6.20 Å². The zero-order valence-electron chi connectivity index (χ0n) is 7.26. The van der Waals surface area contributed by atoms with Gasteiger partial charge in [0, 0.05) is 18.3 Å². The third kappa shape index (κ3) is 2.30. The van der Waals surface area contributed by atoms with E-state index < -0.39 is 12.2 Å². The van der Waals surface area contributed by atoms with Gasteiger partial charge in [-0.2, -0.15) is 0 Å². The van der Waals surface area contributed by atoms with Gasteiger partial charge in [-0.15, -0.1) is 0 Å². The van der Waals surface area contributed by atoms with Gasteiger partial charge in [-0.3, -0.25) is 0 Å². The van der Waals surface area contributed by atoms with E-state index in [0.717, 1.165) is 0 Å². The first kappa shape index (κ1) is 11.1. The smallest absolute Gasteiger partial charge is 0.221 e. The summed E-state index contributed by atoms with van der Waals surface area (Å²) in [7, 11) is 0. The highest BCUT2D eigenvalue weighted by Crippen LogP contribution is 2.22. The molecule has 0 amide bonds. The third-order valence-corrected chi connectivity index (χ3v) is 2.01. The van der Waals surface area contributed by atoms with Crippen molar-refractivity contribution in [3.63, 3.8) is 0 Å². The molecule has 0 fully saturated rings. The van der Waals surface area contributed by atoms with Crippen molar-refractivity contribution >= 4 is 17.5 Å². The fourth-order valence-electron chi connectivity index (χ4n) is 0.917. The molecule has 78 valence electrons. The van der Waals surface area contributed by atoms with Crippen LogP contribution < -0.4 is 11.5 Å². The van der Waals surface area contributed by atoms with Crippen LogP contribution in [0.1, 0.15) is 11.7 Å². The lowest BCUT2D eigenvalue weighted by molar-refractivity contribution is 0.0240. The molecule has 1 rings (SSSR count). The van der Waals surface area contributed by atoms with Crippen LogP contribution in [-0.2, 0) is 0 Å². The van der Waals surface area contributed by atoms with Gasteiger partial charge in [-0.25, -0.2) is 9.97 Å². The van der Waals surface area contributed by atoms with Crippen LogP contribution in [0.25, 0.3) is 0 Å². The topological polar surface area (TPSA) is 118 Å². The van der Waals surface area contributed by atoms with Gasteiger partial charge in [0.2, 0.25) is 5.95 Å². The lowest BCUT2D eigenvalue weighted by Gasteiger charge is -2.16. The first-order valence-corrected chi connectivity index (χ1v) is 4.28. The van der Waals surface area contributed by atoms with E-state index in [1.165, 1.54) is 6.20 Å². The summed E-state index contributed by atoms with van der Waals surface area (Å²) in [6.45, 7) is -0.0815. The van der Waals surface area contributed by atoms with Crippen LogP contribution in [0.3, 0.4) is 0 Å². The molecule has 6 nitrogen and oxygen atoms in total. The summed E-state index contributed by atoms with van der Waals surface area (Å²) in [5.74, 6) is 0.00758. The molecule has 1 aromatic heterocycles. The van der Waals surface area contributed by atoms with Crippen molar-refractivity contribution in [2.45, 2.75) is 12.2 Å². The van der Waals surface area contributed by atoms with Crippen LogP contribution in [-0.4, -0.2) is 32.8 Å². The Hall–Kier alpha value is -0.950. The summed E-state index contributed by atoms with van der Waals surface area (Å²) in [5.41, 5.74) is 10.6. The van der Waals surface area contributed by atoms with Gasteiger partial charge < -0.3 is 21.7 Å². The Morgan fingerprint density at radius 1 is 1.50 bits per heavy atom. The van der Waals surface area contributed by atoms with Gasteiger partial charge in [0.15, 0.2) is 0 Å². The predicted molar refractivity (Wildman–Crippen MR) is 51.5 cm³/mol. The summed E-state index contributed by atoms with van der Waals surface area (Å²) in [6, 6.07) is 0. The summed E-state index contributed by atoms with van der Waals surface area (Å²) >= 11 is 5.68. The average molecular weight is 219 g/mol. The standard InChI is InChI=1S/C7H11ClN4O2/c8-6-3(2-11-7(10)12-6)5(14)4(13)1-9/h2,4-5,13-14H,1,9H2,(H2,10,11,12). The Balaban J connectivity index is 2.95. The number of hydrogen-bond acceptors (Lipinski definition) is 6. The average Bonchev–Trinajstić information content (AvgIpc) is 2.15. The van der Waals surface area contributed by atoms with E-state index in [2.05, 4.69) is 9.97 Å². The number of aromatic nitrogens is 2. The number of nitrogen functional groups attached to an aromatic ring is 1. The number of halogens is 1. The largest absolute Gasteiger partial charge is 0.389 e. The number of nitrogens with zero attached hydrogens (tertiary/aromatic N) is 2. The molecule has 2 unspecified atom stereocenters. The molecule has 0 aliphatic heterocycles. The lowest BCUT2D eigenvalue weighted by Crippen LogP contribution is -2.27. The van der Waals surface area contributed by atoms with E-state index in [-0.39, 0.29) is 23.2 Å². The van der Waals surface area contributed by atoms with Crippen LogP contribution in [0.5, 0.6) is 0 Å². The highest BCUT2D eigenvalue weighted by Gasteiger charge is 2.20. The number of aliphatic hydroxyl groups excluding tert-OH is 2. The first-order valence-electron chi connectivity index (χ1n) is 3.90. The SMILES string of the molecule is NCC(O)C(O)c1cnc(N)nc1Cl. The Bertz CT molecular complexity index is 323. The normalized spacial score (nSPS) is 15.1. The maximum Gasteiger partial charge on any atom is 0.221 e. The lowest BCUT2D eigenvalue weighted by atomic mass is 10.1. The summed E-state index contributed by atoms with van der Waals surface area (Å²) in [5, 5.41) is 18.8. The molecule has 0 spiro atoms. The molecule has 0 bridgehead atoms. The van der Waals surface area contributed by atoms with E-state index in [1.54, 1.807) is 0 Å². The second-order valence-electron chi connectivity index (χ2n) is 2.72. The number of nitrogens with two attached hydrogens (primary N) is 2. The number of rotatable bonds is 3. The molecule has 2 atom stereocenters. The Morgan fingerprint density at radius 3 is 2.64 bits per heavy atom. The van der Waals surface area contributed by atoms with Crippen molar-refractivity contribution in [3.05, 3.63) is 16.9 Å². The molecule has 0 saturated carbocycles. The number of anilines is 1. The minimum absolute atomic E-state index is 0.00758. The van der Waals surface area contributed by atoms with Gasteiger partial charge >= 0.3 is 0 Å². The molecule has 1 aromatic rings. The molecular formula is C7H11ClN4O2. The number of hydrogen-bond donors (Lipinski definition) is 4. The quantitative estimate of drug-likeness (QED) is 0.487. The maximum atomic E-state index is 9.53. The van der Waals surface area contributed by atoms with Crippen LogP contribution >= 0.6 is 11.6 Å². The van der Waals surface area contributed by atoms with Crippen molar-refractivity contribution < 1.29 is 10.2 Å². The first-order chi connectivity index (χ1) is 6.56. The Labute approximate surface area is 85.5 Å². The van der Waals surface area contributed by atoms with Crippen LogP contribution in [0.4, 0.5) is 5.95 Å². The van der Waals surface area contributed by atoms with Crippen molar-refractivity contribution in [1.82, 2.24) is 9.97 Å². The van der Waals surface area contributed by atoms with Crippen LogP contribution in [0.2, 0.25) is 5.15 Å². The van der Waals surface area contributed by atoms with Gasteiger partial charge in [-0.05, 0) is 0 Å². The summed E-state index contributed by atoms with van der Waals surface area (Å²) in [4.78, 5) is 7.28. The van der Waals surface area contributed by atoms with E-state index in [4.69, 9.17) is 23.1 Å². The highest BCUT2D eigenvalue weighted by atomic mass is 35.5. The van der Waals surface area contributed by atoms with Crippen molar-refractivity contribution in [3.8, 4) is 0 Å². The van der Waals surface area contributed by atoms with Crippen LogP contribution in [0, 0.1) is 0 Å². The zero-order chi connectivity index (χ0) is 10.7. The number of aliphatic hydroxyl groups is 2. The molecule has 1 heterocycles.